The van der Waals surface area contributed by atoms with Crippen LogP contribution in [0.2, 0.25) is 0 Å². The monoisotopic (exact) mass is 141 g/mol. The molecule has 0 fully saturated rings. The van der Waals surface area contributed by atoms with Gasteiger partial charge in [-0.3, -0.25) is 4.99 Å². The van der Waals surface area contributed by atoms with Crippen molar-refractivity contribution in [2.24, 2.45) is 4.99 Å². The van der Waals surface area contributed by atoms with Gasteiger partial charge in [0.15, 0.2) is 0 Å². The van der Waals surface area contributed by atoms with Crippen molar-refractivity contribution in [1.82, 2.24) is 0 Å². The van der Waals surface area contributed by atoms with Crippen molar-refractivity contribution in [2.75, 3.05) is 0 Å². The number of allylic oxidation sites excluding steroid dienone is 2. The lowest BCUT2D eigenvalue weighted by Gasteiger charge is -1.91. The summed E-state index contributed by atoms with van der Waals surface area (Å²) in [4.78, 5) is 4.45. The Kier molecular flexibility index (Phi) is 0.698. The number of nitrogens with zero attached hydrogens (tertiary/aromatic N) is 1. The predicted octanol–water partition coefficient (Wildman–Crippen LogP) is 0.845. The minimum absolute atomic E-state index is 1.17. The Morgan fingerprint density at radius 1 is 1.27 bits per heavy atom. The fraction of sp³-hybridized carbons (Fsp3) is 0.100. The average molecular weight is 141 g/mol. The third kappa shape index (κ3) is 0.463. The van der Waals surface area contributed by atoms with Crippen molar-refractivity contribution in [3.63, 3.8) is 0 Å². The lowest BCUT2D eigenvalue weighted by atomic mass is 10.1. The molecule has 4 bridgehead atoms. The molecule has 0 unspecified atom stereocenters. The van der Waals surface area contributed by atoms with Crippen LogP contribution in [0.5, 0.6) is 0 Å². The summed E-state index contributed by atoms with van der Waals surface area (Å²) in [7, 11) is 0. The van der Waals surface area contributed by atoms with Crippen LogP contribution in [0.25, 0.3) is 11.6 Å². The molecule has 1 heteroatoms. The molecule has 52 valence electrons. The summed E-state index contributed by atoms with van der Waals surface area (Å²) in [5.74, 6) is 0. The summed E-state index contributed by atoms with van der Waals surface area (Å²) < 4.78 is 0. The minimum atomic E-state index is 1.17. The molecule has 1 aliphatic heterocycles. The van der Waals surface area contributed by atoms with Gasteiger partial charge < -0.3 is 0 Å². The Bertz CT molecular complexity index is 492. The Labute approximate surface area is 64.4 Å². The van der Waals surface area contributed by atoms with Gasteiger partial charge in [-0.15, -0.1) is 0 Å². The quantitative estimate of drug-likeness (QED) is 0.508. The van der Waals surface area contributed by atoms with E-state index in [2.05, 4.69) is 36.2 Å². The maximum absolute atomic E-state index is 4.45. The molecule has 0 amide bonds. The Hall–Kier alpha value is -1.37. The van der Waals surface area contributed by atoms with E-state index in [4.69, 9.17) is 0 Å². The van der Waals surface area contributed by atoms with E-state index < -0.39 is 0 Å². The second-order valence-corrected chi connectivity index (χ2v) is 3.00. The number of hydrogen-bond donors (Lipinski definition) is 0. The molecule has 1 nitrogen and oxygen atoms in total. The normalized spacial score (nSPS) is 16.8. The molecule has 2 aliphatic rings. The summed E-state index contributed by atoms with van der Waals surface area (Å²) in [5.41, 5.74) is 3.80. The number of hydrogen-bond acceptors (Lipinski definition) is 1. The summed E-state index contributed by atoms with van der Waals surface area (Å²) in [6.45, 7) is 2.06. The van der Waals surface area contributed by atoms with E-state index in [-0.39, 0.29) is 0 Å². The first kappa shape index (κ1) is 5.30. The highest BCUT2D eigenvalue weighted by molar-refractivity contribution is 5.94. The molecule has 0 saturated carbocycles. The molecule has 0 spiro atoms. The van der Waals surface area contributed by atoms with Crippen LogP contribution >= 0.6 is 0 Å². The molecule has 3 rings (SSSR count). The van der Waals surface area contributed by atoms with E-state index >= 15 is 0 Å². The second-order valence-electron chi connectivity index (χ2n) is 3.00. The standard InChI is InChI=1S/C10H7N/c1-6-9-5-7-3-2-4-8(9)10(7)11-6/h2-5H,1H3. The van der Waals surface area contributed by atoms with Gasteiger partial charge in [-0.1, -0.05) is 18.2 Å². The molecule has 0 aromatic heterocycles. The lowest BCUT2D eigenvalue weighted by molar-refractivity contribution is 1.23. The van der Waals surface area contributed by atoms with Gasteiger partial charge in [-0.25, -0.2) is 0 Å². The van der Waals surface area contributed by atoms with Crippen LogP contribution in [0.4, 0.5) is 0 Å². The van der Waals surface area contributed by atoms with Crippen LogP contribution in [-0.4, -0.2) is 0 Å². The highest BCUT2D eigenvalue weighted by Crippen LogP contribution is 2.24. The van der Waals surface area contributed by atoms with Gasteiger partial charge in [0.1, 0.15) is 0 Å². The fourth-order valence-electron chi connectivity index (χ4n) is 1.78. The van der Waals surface area contributed by atoms with Crippen LogP contribution < -0.4 is 10.6 Å². The summed E-state index contributed by atoms with van der Waals surface area (Å²) in [5, 5.41) is 2.46. The van der Waals surface area contributed by atoms with Crippen molar-refractivity contribution in [3.8, 4) is 0 Å². The van der Waals surface area contributed by atoms with Gasteiger partial charge in [0.05, 0.1) is 5.36 Å². The summed E-state index contributed by atoms with van der Waals surface area (Å²) in [6.07, 6.45) is 2.22. The van der Waals surface area contributed by atoms with Crippen LogP contribution in [0.3, 0.4) is 0 Å². The van der Waals surface area contributed by atoms with E-state index in [1.54, 1.807) is 0 Å². The highest BCUT2D eigenvalue weighted by atomic mass is 14.8. The van der Waals surface area contributed by atoms with Crippen molar-refractivity contribution in [1.29, 1.82) is 0 Å². The Morgan fingerprint density at radius 2 is 2.18 bits per heavy atom. The van der Waals surface area contributed by atoms with Gasteiger partial charge in [0, 0.05) is 22.1 Å². The zero-order valence-electron chi connectivity index (χ0n) is 6.26. The van der Waals surface area contributed by atoms with E-state index in [1.807, 2.05) is 0 Å². The molecule has 11 heavy (non-hydrogen) atoms. The first-order chi connectivity index (χ1) is 5.36. The Balaban J connectivity index is 2.70. The lowest BCUT2D eigenvalue weighted by Crippen LogP contribution is -2.21. The molecule has 1 heterocycles. The van der Waals surface area contributed by atoms with E-state index in [0.717, 1.165) is 0 Å². The first-order valence-electron chi connectivity index (χ1n) is 3.77. The summed E-state index contributed by atoms with van der Waals surface area (Å²) >= 11 is 0. The van der Waals surface area contributed by atoms with E-state index in [9.17, 15) is 0 Å². The largest absolute Gasteiger partial charge is 0.252 e. The van der Waals surface area contributed by atoms with Gasteiger partial charge in [0.25, 0.3) is 0 Å². The molecule has 0 saturated heterocycles. The third-order valence-electron chi connectivity index (χ3n) is 2.33. The SMILES string of the molecule is CC1=C2C=c3cccc2c3=N1. The minimum Gasteiger partial charge on any atom is -0.252 e. The molecular formula is C10H7N. The van der Waals surface area contributed by atoms with E-state index in [1.165, 1.54) is 27.4 Å². The maximum Gasteiger partial charge on any atom is 0.0784 e. The number of benzene rings is 1. The number of para-hydroxylation sites is 1. The van der Waals surface area contributed by atoms with Gasteiger partial charge in [0.2, 0.25) is 0 Å². The fourth-order valence-corrected chi connectivity index (χ4v) is 1.78. The van der Waals surface area contributed by atoms with Crippen LogP contribution in [-0.2, 0) is 0 Å². The summed E-state index contributed by atoms with van der Waals surface area (Å²) in [6, 6.07) is 6.34. The molecule has 0 radical (unpaired) electrons. The molecule has 1 aromatic carbocycles. The van der Waals surface area contributed by atoms with Gasteiger partial charge >= 0.3 is 0 Å². The van der Waals surface area contributed by atoms with Crippen molar-refractivity contribution in [3.05, 3.63) is 40.0 Å². The molecule has 0 atom stereocenters. The molecule has 1 aromatic rings. The Morgan fingerprint density at radius 3 is 3.00 bits per heavy atom. The smallest absolute Gasteiger partial charge is 0.0784 e. The topological polar surface area (TPSA) is 12.4 Å². The van der Waals surface area contributed by atoms with Gasteiger partial charge in [-0.2, -0.15) is 0 Å². The van der Waals surface area contributed by atoms with Crippen molar-refractivity contribution >= 4 is 11.6 Å². The molecule has 0 N–H and O–H groups in total. The number of rotatable bonds is 0. The average Bonchev–Trinajstić information content (AvgIpc) is 2.43. The van der Waals surface area contributed by atoms with Gasteiger partial charge in [-0.05, 0) is 13.0 Å². The molecule has 1 aliphatic carbocycles. The zero-order chi connectivity index (χ0) is 7.42. The second kappa shape index (κ2) is 1.45. The van der Waals surface area contributed by atoms with Crippen LogP contribution in [0.15, 0.2) is 28.9 Å². The van der Waals surface area contributed by atoms with Crippen LogP contribution in [0.1, 0.15) is 12.5 Å². The third-order valence-corrected chi connectivity index (χ3v) is 2.33. The van der Waals surface area contributed by atoms with Crippen LogP contribution in [0, 0.1) is 0 Å². The molecular weight excluding hydrogens is 134 g/mol. The van der Waals surface area contributed by atoms with E-state index in [0.29, 0.717) is 0 Å². The zero-order valence-corrected chi connectivity index (χ0v) is 6.26. The maximum atomic E-state index is 4.45. The predicted molar refractivity (Wildman–Crippen MR) is 44.3 cm³/mol. The van der Waals surface area contributed by atoms with Crippen molar-refractivity contribution in [2.45, 2.75) is 6.92 Å². The van der Waals surface area contributed by atoms with Crippen molar-refractivity contribution < 1.29 is 0 Å². The first-order valence-corrected chi connectivity index (χ1v) is 3.77. The highest BCUT2D eigenvalue weighted by Gasteiger charge is 2.17.